The summed E-state index contributed by atoms with van der Waals surface area (Å²) in [4.78, 5) is 39.9. The molecule has 0 spiro atoms. The number of rotatable bonds is 6. The van der Waals surface area contributed by atoms with Gasteiger partial charge in [-0.3, -0.25) is 14.7 Å². The number of hydrogen-bond acceptors (Lipinski definition) is 6. The van der Waals surface area contributed by atoms with Crippen molar-refractivity contribution in [1.82, 2.24) is 14.9 Å². The molecule has 0 aliphatic rings. The number of anilines is 1. The Kier molecular flexibility index (Phi) is 6.38. The van der Waals surface area contributed by atoms with Crippen molar-refractivity contribution < 1.29 is 28.2 Å². The number of nitrogens with one attached hydrogen (secondary N) is 2. The van der Waals surface area contributed by atoms with Crippen LogP contribution in [-0.4, -0.2) is 41.2 Å². The quantitative estimate of drug-likeness (QED) is 0.602. The molecule has 10 heteroatoms. The number of urea groups is 1. The minimum atomic E-state index is -0.831. The lowest BCUT2D eigenvalue weighted by Gasteiger charge is -2.09. The second-order valence-electron chi connectivity index (χ2n) is 5.93. The number of imide groups is 1. The topological polar surface area (TPSA) is 112 Å². The van der Waals surface area contributed by atoms with Gasteiger partial charge in [-0.25, -0.2) is 19.0 Å². The van der Waals surface area contributed by atoms with Crippen LogP contribution in [0.1, 0.15) is 10.5 Å². The fraction of sp³-hybridized carbons (Fsp3) is 0.100. The molecule has 0 bridgehead atoms. The molecule has 0 unspecified atom stereocenters. The van der Waals surface area contributed by atoms with Gasteiger partial charge in [0.2, 0.25) is 0 Å². The number of amides is 3. The molecular formula is C20H17FN4O5. The van der Waals surface area contributed by atoms with Crippen LogP contribution in [-0.2, 0) is 9.53 Å². The predicted octanol–water partition coefficient (Wildman–Crippen LogP) is 2.53. The van der Waals surface area contributed by atoms with Crippen molar-refractivity contribution in [3.63, 3.8) is 0 Å². The van der Waals surface area contributed by atoms with E-state index in [1.165, 1.54) is 48.5 Å². The van der Waals surface area contributed by atoms with E-state index in [0.29, 0.717) is 17.1 Å². The number of halogens is 1. The van der Waals surface area contributed by atoms with Gasteiger partial charge >= 0.3 is 12.0 Å². The van der Waals surface area contributed by atoms with E-state index >= 15 is 0 Å². The predicted molar refractivity (Wildman–Crippen MR) is 104 cm³/mol. The molecular weight excluding hydrogens is 395 g/mol. The Balaban J connectivity index is 1.52. The summed E-state index contributed by atoms with van der Waals surface area (Å²) in [5.41, 5.74) is 0.975. The first-order valence-corrected chi connectivity index (χ1v) is 8.66. The number of carbonyl (C=O) groups excluding carboxylic acids is 3. The Bertz CT molecular complexity index is 1050. The fourth-order valence-electron chi connectivity index (χ4n) is 2.46. The highest BCUT2D eigenvalue weighted by atomic mass is 19.1. The Morgan fingerprint density at radius 2 is 1.77 bits per heavy atom. The largest absolute Gasteiger partial charge is 0.497 e. The Labute approximate surface area is 170 Å². The summed E-state index contributed by atoms with van der Waals surface area (Å²) in [5.74, 6) is -1.46. The van der Waals surface area contributed by atoms with Gasteiger partial charge in [0.05, 0.1) is 19.6 Å². The van der Waals surface area contributed by atoms with Crippen molar-refractivity contribution in [1.29, 1.82) is 0 Å². The summed E-state index contributed by atoms with van der Waals surface area (Å²) in [6, 6.07) is 11.1. The first-order valence-electron chi connectivity index (χ1n) is 8.66. The van der Waals surface area contributed by atoms with Gasteiger partial charge in [-0.1, -0.05) is 0 Å². The standard InChI is InChI=1S/C20H17FN4O5/c1-29-16-8-4-14(5-9-16)23-20(28)24-18(26)11-30-19(27)17-10-22-12-25(17)15-6-2-13(21)3-7-15/h2-10,12H,11H2,1H3,(H2,23,24,26,28). The SMILES string of the molecule is COc1ccc(NC(=O)NC(=O)COC(=O)c2cncn2-c2ccc(F)cc2)cc1. The average molecular weight is 412 g/mol. The van der Waals surface area contributed by atoms with Gasteiger partial charge in [-0.15, -0.1) is 0 Å². The fourth-order valence-corrected chi connectivity index (χ4v) is 2.46. The lowest BCUT2D eigenvalue weighted by molar-refractivity contribution is -0.123. The third-order valence-corrected chi connectivity index (χ3v) is 3.89. The normalized spacial score (nSPS) is 10.2. The highest BCUT2D eigenvalue weighted by molar-refractivity contribution is 6.02. The van der Waals surface area contributed by atoms with Gasteiger partial charge in [0.1, 0.15) is 11.6 Å². The van der Waals surface area contributed by atoms with Gasteiger partial charge in [0.25, 0.3) is 5.91 Å². The highest BCUT2D eigenvalue weighted by Gasteiger charge is 2.17. The maximum absolute atomic E-state index is 13.1. The molecule has 3 rings (SSSR count). The van der Waals surface area contributed by atoms with E-state index in [0.717, 1.165) is 0 Å². The number of nitrogens with zero attached hydrogens (tertiary/aromatic N) is 2. The molecule has 154 valence electrons. The zero-order chi connectivity index (χ0) is 21.5. The number of hydrogen-bond donors (Lipinski definition) is 2. The molecule has 0 saturated heterocycles. The zero-order valence-electron chi connectivity index (χ0n) is 15.8. The molecule has 2 N–H and O–H groups in total. The first kappa shape index (κ1) is 20.5. The maximum atomic E-state index is 13.1. The van der Waals surface area contributed by atoms with Crippen molar-refractivity contribution in [2.75, 3.05) is 19.0 Å². The number of esters is 1. The second kappa shape index (κ2) is 9.32. The van der Waals surface area contributed by atoms with E-state index in [1.54, 1.807) is 24.3 Å². The van der Waals surface area contributed by atoms with Gasteiger partial charge < -0.3 is 14.8 Å². The number of ether oxygens (including phenoxy) is 2. The molecule has 0 saturated carbocycles. The number of methoxy groups -OCH3 is 1. The van der Waals surface area contributed by atoms with Crippen LogP contribution in [0.3, 0.4) is 0 Å². The Hall–Kier alpha value is -4.21. The van der Waals surface area contributed by atoms with Crippen LogP contribution >= 0.6 is 0 Å². The smallest absolute Gasteiger partial charge is 0.357 e. The molecule has 0 radical (unpaired) electrons. The maximum Gasteiger partial charge on any atom is 0.357 e. The van der Waals surface area contributed by atoms with Gasteiger partial charge in [-0.2, -0.15) is 0 Å². The average Bonchev–Trinajstić information content (AvgIpc) is 3.23. The summed E-state index contributed by atoms with van der Waals surface area (Å²) < 4.78 is 24.4. The Morgan fingerprint density at radius 1 is 1.07 bits per heavy atom. The zero-order valence-corrected chi connectivity index (χ0v) is 15.8. The number of carbonyl (C=O) groups is 3. The van der Waals surface area contributed by atoms with Crippen molar-refractivity contribution in [2.45, 2.75) is 0 Å². The molecule has 0 aliphatic heterocycles. The van der Waals surface area contributed by atoms with Crippen molar-refractivity contribution >= 4 is 23.6 Å². The molecule has 2 aromatic carbocycles. The Morgan fingerprint density at radius 3 is 2.43 bits per heavy atom. The number of imidazole rings is 1. The van der Waals surface area contributed by atoms with E-state index in [9.17, 15) is 18.8 Å². The van der Waals surface area contributed by atoms with E-state index in [-0.39, 0.29) is 5.69 Å². The van der Waals surface area contributed by atoms with Crippen LogP contribution in [0.2, 0.25) is 0 Å². The van der Waals surface area contributed by atoms with Crippen LogP contribution in [0.25, 0.3) is 5.69 Å². The minimum absolute atomic E-state index is 0.0390. The molecule has 3 aromatic rings. The van der Waals surface area contributed by atoms with Crippen LogP contribution in [0.4, 0.5) is 14.9 Å². The molecule has 0 atom stereocenters. The number of benzene rings is 2. The van der Waals surface area contributed by atoms with Crippen LogP contribution in [0.5, 0.6) is 5.75 Å². The molecule has 30 heavy (non-hydrogen) atoms. The third-order valence-electron chi connectivity index (χ3n) is 3.89. The highest BCUT2D eigenvalue weighted by Crippen LogP contribution is 2.15. The molecule has 0 aliphatic carbocycles. The van der Waals surface area contributed by atoms with Crippen LogP contribution in [0, 0.1) is 5.82 Å². The second-order valence-corrected chi connectivity index (χ2v) is 5.93. The van der Waals surface area contributed by atoms with Gasteiger partial charge in [0.15, 0.2) is 12.3 Å². The summed E-state index contributed by atoms with van der Waals surface area (Å²) >= 11 is 0. The number of aromatic nitrogens is 2. The minimum Gasteiger partial charge on any atom is -0.497 e. The van der Waals surface area contributed by atoms with E-state index < -0.39 is 30.3 Å². The molecule has 1 aromatic heterocycles. The van der Waals surface area contributed by atoms with Crippen LogP contribution in [0.15, 0.2) is 61.1 Å². The third kappa shape index (κ3) is 5.19. The van der Waals surface area contributed by atoms with Crippen molar-refractivity contribution in [3.8, 4) is 11.4 Å². The summed E-state index contributed by atoms with van der Waals surface area (Å²) in [6.45, 7) is -0.677. The molecule has 1 heterocycles. The van der Waals surface area contributed by atoms with Gasteiger partial charge in [-0.05, 0) is 48.5 Å². The molecule has 0 fully saturated rings. The lowest BCUT2D eigenvalue weighted by Crippen LogP contribution is -2.37. The molecule has 9 nitrogen and oxygen atoms in total. The summed E-state index contributed by atoms with van der Waals surface area (Å²) in [6.07, 6.45) is 2.60. The van der Waals surface area contributed by atoms with Gasteiger partial charge in [0, 0.05) is 11.4 Å². The monoisotopic (exact) mass is 412 g/mol. The van der Waals surface area contributed by atoms with E-state index in [4.69, 9.17) is 9.47 Å². The van der Waals surface area contributed by atoms with E-state index in [2.05, 4.69) is 10.3 Å². The molecule has 3 amide bonds. The van der Waals surface area contributed by atoms with Crippen molar-refractivity contribution in [2.24, 2.45) is 0 Å². The summed E-state index contributed by atoms with van der Waals surface area (Å²) in [7, 11) is 1.52. The lowest BCUT2D eigenvalue weighted by atomic mass is 10.3. The van der Waals surface area contributed by atoms with Crippen LogP contribution < -0.4 is 15.4 Å². The summed E-state index contributed by atoms with van der Waals surface area (Å²) in [5, 5.41) is 4.51. The van der Waals surface area contributed by atoms with E-state index in [1.807, 2.05) is 5.32 Å². The van der Waals surface area contributed by atoms with Crippen molar-refractivity contribution in [3.05, 3.63) is 72.6 Å². The first-order chi connectivity index (χ1) is 14.5.